The molecule has 1 heterocycles. The van der Waals surface area contributed by atoms with Gasteiger partial charge in [-0.25, -0.2) is 4.79 Å². The van der Waals surface area contributed by atoms with Crippen molar-refractivity contribution in [3.8, 4) is 0 Å². The van der Waals surface area contributed by atoms with Crippen LogP contribution in [0.2, 0.25) is 0 Å². The molecule has 1 saturated heterocycles. The Hall–Kier alpha value is -2.41. The number of esters is 2. The number of hydrogen-bond donors (Lipinski definition) is 1. The van der Waals surface area contributed by atoms with E-state index in [0.29, 0.717) is 23.9 Å². The van der Waals surface area contributed by atoms with Gasteiger partial charge in [-0.3, -0.25) is 14.5 Å². The molecule has 0 bridgehead atoms. The predicted octanol–water partition coefficient (Wildman–Crippen LogP) is 2.53. The van der Waals surface area contributed by atoms with Gasteiger partial charge in [0.1, 0.15) is 6.04 Å². The van der Waals surface area contributed by atoms with Gasteiger partial charge in [-0.05, 0) is 36.0 Å². The van der Waals surface area contributed by atoms with E-state index in [1.54, 1.807) is 24.3 Å². The lowest BCUT2D eigenvalue weighted by Gasteiger charge is -2.27. The number of amides is 1. The van der Waals surface area contributed by atoms with Crippen LogP contribution < -0.4 is 5.32 Å². The van der Waals surface area contributed by atoms with Crippen molar-refractivity contribution in [2.75, 3.05) is 27.3 Å². The van der Waals surface area contributed by atoms with Crippen molar-refractivity contribution >= 4 is 17.8 Å². The largest absolute Gasteiger partial charge is 0.468 e. The molecule has 164 valence electrons. The maximum atomic E-state index is 12.6. The van der Waals surface area contributed by atoms with Gasteiger partial charge in [0.25, 0.3) is 0 Å². The Morgan fingerprint density at radius 1 is 1.00 bits per heavy atom. The zero-order valence-electron chi connectivity index (χ0n) is 17.9. The summed E-state index contributed by atoms with van der Waals surface area (Å²) >= 11 is 0. The van der Waals surface area contributed by atoms with Gasteiger partial charge in [0.05, 0.1) is 26.3 Å². The van der Waals surface area contributed by atoms with Gasteiger partial charge in [-0.2, -0.15) is 0 Å². The normalized spacial score (nSPS) is 22.5. The number of nitrogens with one attached hydrogen (secondary N) is 1. The third-order valence-electron chi connectivity index (χ3n) is 6.44. The molecule has 0 aromatic heterocycles. The fraction of sp³-hybridized carbons (Fsp3) is 0.609. The van der Waals surface area contributed by atoms with Gasteiger partial charge >= 0.3 is 11.9 Å². The number of nitrogens with zero attached hydrogens (tertiary/aromatic N) is 1. The summed E-state index contributed by atoms with van der Waals surface area (Å²) in [5.41, 5.74) is 1.36. The third kappa shape index (κ3) is 5.59. The monoisotopic (exact) mass is 416 g/mol. The van der Waals surface area contributed by atoms with E-state index in [1.165, 1.54) is 46.3 Å². The zero-order valence-corrected chi connectivity index (χ0v) is 17.9. The number of ether oxygens (including phenoxy) is 2. The highest BCUT2D eigenvalue weighted by Crippen LogP contribution is 2.37. The number of rotatable bonds is 7. The number of benzene rings is 1. The molecule has 3 rings (SSSR count). The van der Waals surface area contributed by atoms with Crippen LogP contribution in [0.15, 0.2) is 24.3 Å². The van der Waals surface area contributed by atoms with Crippen LogP contribution in [0.3, 0.4) is 0 Å². The SMILES string of the molecule is COC(=O)c1ccc(CNC(=O)CN2C[C@@H](C3CCCCC3)C[C@H]2C(=O)OC)cc1. The highest BCUT2D eigenvalue weighted by atomic mass is 16.5. The second-order valence-electron chi connectivity index (χ2n) is 8.33. The molecule has 30 heavy (non-hydrogen) atoms. The molecule has 1 aromatic rings. The maximum absolute atomic E-state index is 12.6. The average Bonchev–Trinajstić information content (AvgIpc) is 3.21. The first-order valence-corrected chi connectivity index (χ1v) is 10.8. The standard InChI is InChI=1S/C23H32N2O5/c1-29-22(27)18-10-8-16(9-11-18)13-24-21(26)15-25-14-19(12-20(25)23(28)30-2)17-6-4-3-5-7-17/h8-11,17,19-20H,3-7,12-15H2,1-2H3,(H,24,26)/t19-,20-/m0/s1. The number of likely N-dealkylation sites (tertiary alicyclic amines) is 1. The van der Waals surface area contributed by atoms with E-state index in [4.69, 9.17) is 4.74 Å². The smallest absolute Gasteiger partial charge is 0.337 e. The molecule has 1 aromatic carbocycles. The van der Waals surface area contributed by atoms with Crippen LogP contribution in [0.5, 0.6) is 0 Å². The summed E-state index contributed by atoms with van der Waals surface area (Å²) in [7, 11) is 2.75. The molecular weight excluding hydrogens is 384 g/mol. The Labute approximate surface area is 178 Å². The van der Waals surface area contributed by atoms with Crippen LogP contribution in [0.4, 0.5) is 0 Å². The van der Waals surface area contributed by atoms with Gasteiger partial charge in [-0.1, -0.05) is 44.2 Å². The summed E-state index contributed by atoms with van der Waals surface area (Å²) in [6, 6.07) is 6.59. The second-order valence-corrected chi connectivity index (χ2v) is 8.33. The molecule has 2 fully saturated rings. The van der Waals surface area contributed by atoms with E-state index in [0.717, 1.165) is 18.5 Å². The summed E-state index contributed by atoms with van der Waals surface area (Å²) < 4.78 is 9.69. The van der Waals surface area contributed by atoms with Crippen molar-refractivity contribution in [1.82, 2.24) is 10.2 Å². The van der Waals surface area contributed by atoms with Crippen molar-refractivity contribution in [2.24, 2.45) is 11.8 Å². The maximum Gasteiger partial charge on any atom is 0.337 e. The molecule has 2 aliphatic rings. The Kier molecular flexibility index (Phi) is 7.85. The first-order valence-electron chi connectivity index (χ1n) is 10.8. The van der Waals surface area contributed by atoms with E-state index in [1.807, 2.05) is 4.90 Å². The van der Waals surface area contributed by atoms with E-state index in [2.05, 4.69) is 10.1 Å². The molecule has 0 spiro atoms. The van der Waals surface area contributed by atoms with Crippen molar-refractivity contribution in [3.05, 3.63) is 35.4 Å². The van der Waals surface area contributed by atoms with Crippen LogP contribution >= 0.6 is 0 Å². The van der Waals surface area contributed by atoms with Crippen molar-refractivity contribution in [2.45, 2.75) is 51.1 Å². The lowest BCUT2D eigenvalue weighted by molar-refractivity contribution is -0.146. The Balaban J connectivity index is 1.54. The number of carbonyl (C=O) groups excluding carboxylic acids is 3. The molecule has 2 atom stereocenters. The molecule has 7 heteroatoms. The van der Waals surface area contributed by atoms with Crippen LogP contribution in [0, 0.1) is 11.8 Å². The number of methoxy groups -OCH3 is 2. The van der Waals surface area contributed by atoms with Crippen molar-refractivity contribution in [1.29, 1.82) is 0 Å². The number of carbonyl (C=O) groups is 3. The Bertz CT molecular complexity index is 742. The summed E-state index contributed by atoms with van der Waals surface area (Å²) in [5, 5.41) is 2.91. The van der Waals surface area contributed by atoms with E-state index in [9.17, 15) is 14.4 Å². The molecule has 1 aliphatic heterocycles. The Morgan fingerprint density at radius 3 is 2.33 bits per heavy atom. The minimum Gasteiger partial charge on any atom is -0.468 e. The summed E-state index contributed by atoms with van der Waals surface area (Å²) in [5.74, 6) is 0.339. The molecule has 1 aliphatic carbocycles. The zero-order chi connectivity index (χ0) is 21.5. The fourth-order valence-corrected chi connectivity index (χ4v) is 4.76. The topological polar surface area (TPSA) is 84.9 Å². The highest BCUT2D eigenvalue weighted by Gasteiger charge is 2.41. The third-order valence-corrected chi connectivity index (χ3v) is 6.44. The van der Waals surface area contributed by atoms with Gasteiger partial charge in [0.15, 0.2) is 0 Å². The number of hydrogen-bond acceptors (Lipinski definition) is 6. The van der Waals surface area contributed by atoms with Crippen molar-refractivity contribution in [3.63, 3.8) is 0 Å². The van der Waals surface area contributed by atoms with Crippen LogP contribution in [-0.2, 0) is 25.6 Å². The quantitative estimate of drug-likeness (QED) is 0.688. The molecule has 1 amide bonds. The van der Waals surface area contributed by atoms with Gasteiger partial charge in [0, 0.05) is 13.1 Å². The lowest BCUT2D eigenvalue weighted by Crippen LogP contribution is -2.43. The molecule has 1 saturated carbocycles. The molecular formula is C23H32N2O5. The lowest BCUT2D eigenvalue weighted by atomic mass is 9.79. The molecule has 7 nitrogen and oxygen atoms in total. The summed E-state index contributed by atoms with van der Waals surface area (Å²) in [6.45, 7) is 1.32. The van der Waals surface area contributed by atoms with E-state index >= 15 is 0 Å². The van der Waals surface area contributed by atoms with Crippen LogP contribution in [0.25, 0.3) is 0 Å². The minimum absolute atomic E-state index is 0.120. The first kappa shape index (κ1) is 22.3. The molecule has 0 unspecified atom stereocenters. The predicted molar refractivity (Wildman–Crippen MR) is 112 cm³/mol. The van der Waals surface area contributed by atoms with Crippen molar-refractivity contribution < 1.29 is 23.9 Å². The second kappa shape index (κ2) is 10.6. The average molecular weight is 417 g/mol. The fourth-order valence-electron chi connectivity index (χ4n) is 4.76. The van der Waals surface area contributed by atoms with E-state index in [-0.39, 0.29) is 30.4 Å². The van der Waals surface area contributed by atoms with Gasteiger partial charge in [-0.15, -0.1) is 0 Å². The van der Waals surface area contributed by atoms with Gasteiger partial charge < -0.3 is 14.8 Å². The van der Waals surface area contributed by atoms with Gasteiger partial charge in [0.2, 0.25) is 5.91 Å². The van der Waals surface area contributed by atoms with Crippen LogP contribution in [-0.4, -0.2) is 56.1 Å². The Morgan fingerprint density at radius 2 is 1.70 bits per heavy atom. The molecule has 0 radical (unpaired) electrons. The first-order chi connectivity index (χ1) is 14.5. The van der Waals surface area contributed by atoms with E-state index < -0.39 is 0 Å². The highest BCUT2D eigenvalue weighted by molar-refractivity contribution is 5.89. The summed E-state index contributed by atoms with van der Waals surface area (Å²) in [6.07, 6.45) is 7.05. The van der Waals surface area contributed by atoms with Crippen LogP contribution in [0.1, 0.15) is 54.4 Å². The minimum atomic E-state index is -0.388. The molecule has 1 N–H and O–H groups in total. The summed E-state index contributed by atoms with van der Waals surface area (Å²) in [4.78, 5) is 38.3.